The third-order valence-electron chi connectivity index (χ3n) is 8.00. The van der Waals surface area contributed by atoms with E-state index in [0.717, 1.165) is 50.5 Å². The summed E-state index contributed by atoms with van der Waals surface area (Å²) < 4.78 is 0. The minimum absolute atomic E-state index is 0.431. The first-order chi connectivity index (χ1) is 24.2. The molecule has 0 fully saturated rings. The summed E-state index contributed by atoms with van der Waals surface area (Å²) in [4.78, 5) is 39.3. The fraction of sp³-hybridized carbons (Fsp3) is 0.154. The summed E-state index contributed by atoms with van der Waals surface area (Å²) in [6.45, 7) is 3.29. The number of aromatic nitrogens is 4. The van der Waals surface area contributed by atoms with Crippen LogP contribution in [0.15, 0.2) is 144 Å². The van der Waals surface area contributed by atoms with Crippen molar-refractivity contribution in [3.8, 4) is 11.1 Å². The van der Waals surface area contributed by atoms with Crippen LogP contribution in [0.2, 0.25) is 0 Å². The van der Waals surface area contributed by atoms with Crippen molar-refractivity contribution >= 4 is 28.8 Å². The van der Waals surface area contributed by atoms with Crippen LogP contribution in [0, 0.1) is 4.91 Å². The predicted molar refractivity (Wildman–Crippen MR) is 195 cm³/mol. The van der Waals surface area contributed by atoms with Crippen LogP contribution < -0.4 is 0 Å². The fourth-order valence-electron chi connectivity index (χ4n) is 5.82. The van der Waals surface area contributed by atoms with Crippen molar-refractivity contribution in [3.63, 3.8) is 0 Å². The molecular formula is C39H34N8OS. The molecule has 0 saturated carbocycles. The molecule has 0 saturated heterocycles. The quantitative estimate of drug-likeness (QED) is 0.0614. The van der Waals surface area contributed by atoms with Crippen LogP contribution in [0.1, 0.15) is 33.6 Å². The highest BCUT2D eigenvalue weighted by atomic mass is 32.1. The van der Waals surface area contributed by atoms with Gasteiger partial charge in [-0.05, 0) is 111 Å². The molecule has 49 heavy (non-hydrogen) atoms. The maximum absolute atomic E-state index is 12.8. The van der Waals surface area contributed by atoms with E-state index >= 15 is 0 Å². The molecule has 0 aliphatic heterocycles. The number of thiocarbonyl (C=S) groups is 1. The lowest BCUT2D eigenvalue weighted by atomic mass is 9.96. The lowest BCUT2D eigenvalue weighted by Gasteiger charge is -2.26. The molecule has 0 unspecified atom stereocenters. The van der Waals surface area contributed by atoms with Crippen LogP contribution in [-0.4, -0.2) is 34.9 Å². The number of benzene rings is 2. The van der Waals surface area contributed by atoms with Gasteiger partial charge in [0.15, 0.2) is 0 Å². The van der Waals surface area contributed by atoms with E-state index in [-0.39, 0.29) is 0 Å². The molecule has 9 nitrogen and oxygen atoms in total. The molecule has 2 aromatic carbocycles. The zero-order valence-electron chi connectivity index (χ0n) is 26.8. The number of rotatable bonds is 15. The highest BCUT2D eigenvalue weighted by Gasteiger charge is 2.20. The standard InChI is InChI=1S/C39H34N8OS/c48-45-39-34(25-46(23-30-7-5-15-40-21-30)27-37-9-1-3-17-42-37)19-33(32-11-13-36(14-12-32)44-29-49)20-35(39)26-47(24-31-8-6-16-41-22-31)28-38-10-2-4-18-43-38/h1-22H,23-28H2. The second-order valence-electron chi connectivity index (χ2n) is 11.6. The van der Waals surface area contributed by atoms with Gasteiger partial charge in [-0.3, -0.25) is 29.7 Å². The molecule has 6 aromatic rings. The minimum Gasteiger partial charge on any atom is -0.289 e. The van der Waals surface area contributed by atoms with Crippen molar-refractivity contribution in [1.82, 2.24) is 29.7 Å². The maximum atomic E-state index is 12.8. The van der Waals surface area contributed by atoms with E-state index in [1.807, 2.05) is 85.2 Å². The molecule has 6 rings (SSSR count). The fourth-order valence-corrected chi connectivity index (χ4v) is 5.93. The molecule has 4 aromatic heterocycles. The topological polar surface area (TPSA) is 99.8 Å². The van der Waals surface area contributed by atoms with E-state index < -0.39 is 0 Å². The number of pyridine rings is 4. The minimum atomic E-state index is 0.431. The van der Waals surface area contributed by atoms with Crippen LogP contribution in [0.25, 0.3) is 11.1 Å². The van der Waals surface area contributed by atoms with Gasteiger partial charge in [0.2, 0.25) is 0 Å². The Labute approximate surface area is 291 Å². The summed E-state index contributed by atoms with van der Waals surface area (Å²) in [5, 5.41) is 6.11. The number of hydrogen-bond donors (Lipinski definition) is 0. The van der Waals surface area contributed by atoms with Crippen molar-refractivity contribution in [2.24, 2.45) is 10.2 Å². The number of aliphatic imine (C=N–C) groups is 1. The Morgan fingerprint density at radius 1 is 0.592 bits per heavy atom. The van der Waals surface area contributed by atoms with Gasteiger partial charge in [-0.25, -0.2) is 0 Å². The van der Waals surface area contributed by atoms with Gasteiger partial charge < -0.3 is 0 Å². The first-order valence-electron chi connectivity index (χ1n) is 15.9. The Kier molecular flexibility index (Phi) is 11.5. The van der Waals surface area contributed by atoms with Gasteiger partial charge in [0.05, 0.1) is 22.2 Å². The van der Waals surface area contributed by atoms with Gasteiger partial charge in [-0.2, -0.15) is 4.99 Å². The number of nitrogens with zero attached hydrogens (tertiary/aromatic N) is 8. The SMILES string of the molecule is O=Nc1c(CN(Cc2cccnc2)Cc2ccccn2)cc(-c2ccc(N=C=S)cc2)cc1CN(Cc1cccnc1)Cc1ccccn1. The smallest absolute Gasteiger partial charge is 0.117 e. The molecule has 4 heterocycles. The number of isothiocyanates is 1. The molecule has 0 spiro atoms. The van der Waals surface area contributed by atoms with Crippen LogP contribution in [0.4, 0.5) is 11.4 Å². The van der Waals surface area contributed by atoms with Gasteiger partial charge in [-0.1, -0.05) is 36.4 Å². The zero-order chi connectivity index (χ0) is 33.7. The molecule has 0 bridgehead atoms. The Balaban J connectivity index is 1.42. The molecule has 10 heteroatoms. The summed E-state index contributed by atoms with van der Waals surface area (Å²) in [7, 11) is 0. The van der Waals surface area contributed by atoms with Crippen molar-refractivity contribution < 1.29 is 0 Å². The van der Waals surface area contributed by atoms with E-state index in [4.69, 9.17) is 12.2 Å². The van der Waals surface area contributed by atoms with Crippen LogP contribution in [-0.2, 0) is 39.3 Å². The molecule has 0 aliphatic carbocycles. The normalized spacial score (nSPS) is 11.0. The molecular weight excluding hydrogens is 629 g/mol. The third kappa shape index (κ3) is 9.47. The Bertz CT molecular complexity index is 1800. The highest BCUT2D eigenvalue weighted by molar-refractivity contribution is 7.78. The van der Waals surface area contributed by atoms with Crippen LogP contribution in [0.5, 0.6) is 0 Å². The van der Waals surface area contributed by atoms with Crippen LogP contribution >= 0.6 is 12.2 Å². The molecule has 0 aliphatic rings. The van der Waals surface area contributed by atoms with E-state index in [2.05, 4.69) is 69.3 Å². The van der Waals surface area contributed by atoms with Crippen molar-refractivity contribution in [2.75, 3.05) is 0 Å². The lowest BCUT2D eigenvalue weighted by Crippen LogP contribution is -2.24. The lowest BCUT2D eigenvalue weighted by molar-refractivity contribution is 0.241. The molecule has 0 radical (unpaired) electrons. The summed E-state index contributed by atoms with van der Waals surface area (Å²) in [5.74, 6) is 0. The molecule has 0 N–H and O–H groups in total. The van der Waals surface area contributed by atoms with Gasteiger partial charge in [0.25, 0.3) is 0 Å². The van der Waals surface area contributed by atoms with Gasteiger partial charge in [0, 0.05) is 76.4 Å². The largest absolute Gasteiger partial charge is 0.289 e. The Morgan fingerprint density at radius 2 is 1.14 bits per heavy atom. The molecule has 242 valence electrons. The average Bonchev–Trinajstić information content (AvgIpc) is 3.14. The average molecular weight is 663 g/mol. The van der Waals surface area contributed by atoms with Crippen molar-refractivity contribution in [1.29, 1.82) is 0 Å². The summed E-state index contributed by atoms with van der Waals surface area (Å²) in [5.41, 5.74) is 8.72. The Morgan fingerprint density at radius 3 is 1.57 bits per heavy atom. The number of nitroso groups, excluding NO2 is 1. The summed E-state index contributed by atoms with van der Waals surface area (Å²) in [6, 6.07) is 31.7. The first-order valence-corrected chi connectivity index (χ1v) is 16.3. The second-order valence-corrected chi connectivity index (χ2v) is 11.8. The maximum Gasteiger partial charge on any atom is 0.117 e. The van der Waals surface area contributed by atoms with Crippen molar-refractivity contribution in [2.45, 2.75) is 39.3 Å². The van der Waals surface area contributed by atoms with Gasteiger partial charge in [0.1, 0.15) is 5.69 Å². The van der Waals surface area contributed by atoms with E-state index in [9.17, 15) is 4.91 Å². The summed E-state index contributed by atoms with van der Waals surface area (Å²) in [6.07, 6.45) is 10.9. The molecule has 0 amide bonds. The predicted octanol–water partition coefficient (Wildman–Crippen LogP) is 8.47. The van der Waals surface area contributed by atoms with E-state index in [1.165, 1.54) is 0 Å². The van der Waals surface area contributed by atoms with Crippen molar-refractivity contribution in [3.05, 3.63) is 173 Å². The Hall–Kier alpha value is -5.64. The second kappa shape index (κ2) is 17.0. The van der Waals surface area contributed by atoms with Crippen LogP contribution in [0.3, 0.4) is 0 Å². The monoisotopic (exact) mass is 662 g/mol. The first kappa shape index (κ1) is 33.3. The number of hydrogen-bond acceptors (Lipinski definition) is 10. The zero-order valence-corrected chi connectivity index (χ0v) is 27.7. The molecule has 0 atom stereocenters. The van der Waals surface area contributed by atoms with Gasteiger partial charge in [-0.15, -0.1) is 4.91 Å². The van der Waals surface area contributed by atoms with E-state index in [0.29, 0.717) is 45.0 Å². The summed E-state index contributed by atoms with van der Waals surface area (Å²) >= 11 is 4.81. The van der Waals surface area contributed by atoms with E-state index in [1.54, 1.807) is 24.8 Å². The third-order valence-corrected chi connectivity index (χ3v) is 8.10. The van der Waals surface area contributed by atoms with Gasteiger partial charge >= 0.3 is 0 Å². The highest BCUT2D eigenvalue weighted by Crippen LogP contribution is 2.35.